The molecule has 10 heteroatoms. The molecular weight excluding hydrogens is 458 g/mol. The number of nitrogens with zero attached hydrogens (tertiary/aromatic N) is 3. The van der Waals surface area contributed by atoms with E-state index in [4.69, 9.17) is 18.9 Å². The zero-order chi connectivity index (χ0) is 23.7. The van der Waals surface area contributed by atoms with Crippen molar-refractivity contribution in [1.29, 1.82) is 0 Å². The quantitative estimate of drug-likeness (QED) is 0.502. The lowest BCUT2D eigenvalue weighted by atomic mass is 10.0. The summed E-state index contributed by atoms with van der Waals surface area (Å²) in [7, 11) is 3.10. The number of benzene rings is 1. The number of allylic oxidation sites excluding steroid dienone is 4. The molecule has 2 aliphatic rings. The van der Waals surface area contributed by atoms with Crippen LogP contribution < -0.4 is 9.47 Å². The van der Waals surface area contributed by atoms with Gasteiger partial charge in [-0.25, -0.2) is 14.8 Å². The minimum atomic E-state index is -1.11. The van der Waals surface area contributed by atoms with Gasteiger partial charge >= 0.3 is 5.97 Å². The molecule has 2 aromatic heterocycles. The Hall–Kier alpha value is -4.05. The van der Waals surface area contributed by atoms with Crippen molar-refractivity contribution in [1.82, 2.24) is 14.5 Å². The van der Waals surface area contributed by atoms with Crippen LogP contribution in [0.4, 0.5) is 0 Å². The zero-order valence-electron chi connectivity index (χ0n) is 18.5. The first-order chi connectivity index (χ1) is 16.6. The lowest BCUT2D eigenvalue weighted by Crippen LogP contribution is -2.05. The van der Waals surface area contributed by atoms with Crippen molar-refractivity contribution in [2.24, 2.45) is 0 Å². The van der Waals surface area contributed by atoms with Crippen LogP contribution in [0.2, 0.25) is 0 Å². The van der Waals surface area contributed by atoms with E-state index in [0.717, 1.165) is 24.2 Å². The van der Waals surface area contributed by atoms with Crippen LogP contribution >= 0.6 is 11.3 Å². The molecular formula is C24H21N3O6S. The van der Waals surface area contributed by atoms with Crippen molar-refractivity contribution in [3.8, 4) is 16.6 Å². The van der Waals surface area contributed by atoms with Gasteiger partial charge in [-0.15, -0.1) is 0 Å². The summed E-state index contributed by atoms with van der Waals surface area (Å²) in [6, 6.07) is 3.53. The number of aromatic nitrogens is 3. The third kappa shape index (κ3) is 4.03. The molecule has 174 valence electrons. The van der Waals surface area contributed by atoms with Crippen LogP contribution in [-0.2, 0) is 9.47 Å². The van der Waals surface area contributed by atoms with Crippen molar-refractivity contribution in [2.45, 2.75) is 19.3 Å². The van der Waals surface area contributed by atoms with Crippen LogP contribution in [0, 0.1) is 0 Å². The third-order valence-electron chi connectivity index (χ3n) is 5.42. The molecule has 0 amide bonds. The average Bonchev–Trinajstić information content (AvgIpc) is 3.48. The maximum absolute atomic E-state index is 12.0. The SMILES string of the molecule is COc1cc2ncn(-c3nc(C4=COC=C(CC5=CC=CCC5)O4)c(C(=O)O)s3)c2cc1OC. The van der Waals surface area contributed by atoms with Gasteiger partial charge in [0.2, 0.25) is 0 Å². The van der Waals surface area contributed by atoms with Gasteiger partial charge in [-0.2, -0.15) is 0 Å². The highest BCUT2D eigenvalue weighted by molar-refractivity contribution is 7.16. The van der Waals surface area contributed by atoms with Crippen LogP contribution in [0.5, 0.6) is 11.5 Å². The molecule has 0 atom stereocenters. The van der Waals surface area contributed by atoms with Crippen LogP contribution in [0.1, 0.15) is 34.6 Å². The lowest BCUT2D eigenvalue weighted by Gasteiger charge is -2.17. The molecule has 1 aliphatic carbocycles. The molecule has 0 saturated carbocycles. The molecule has 0 fully saturated rings. The Morgan fingerprint density at radius 2 is 2.06 bits per heavy atom. The van der Waals surface area contributed by atoms with E-state index in [1.165, 1.54) is 18.1 Å². The Morgan fingerprint density at radius 3 is 2.79 bits per heavy atom. The normalized spacial score (nSPS) is 15.2. The molecule has 0 radical (unpaired) electrons. The van der Waals surface area contributed by atoms with E-state index in [1.54, 1.807) is 37.2 Å². The number of aromatic carboxylic acids is 1. The van der Waals surface area contributed by atoms with Gasteiger partial charge in [0.05, 0.1) is 25.3 Å². The largest absolute Gasteiger partial charge is 0.493 e. The molecule has 0 unspecified atom stereocenters. The van der Waals surface area contributed by atoms with E-state index >= 15 is 0 Å². The number of carboxylic acid groups (broad SMARTS) is 1. The summed E-state index contributed by atoms with van der Waals surface area (Å²) in [6.45, 7) is 0. The topological polar surface area (TPSA) is 105 Å². The molecule has 0 bridgehead atoms. The van der Waals surface area contributed by atoms with Gasteiger partial charge < -0.3 is 24.1 Å². The summed E-state index contributed by atoms with van der Waals surface area (Å²) >= 11 is 1.02. The first-order valence-electron chi connectivity index (χ1n) is 10.5. The zero-order valence-corrected chi connectivity index (χ0v) is 19.3. The Labute approximate surface area is 198 Å². The van der Waals surface area contributed by atoms with E-state index in [0.29, 0.717) is 39.8 Å². The Kier molecular flexibility index (Phi) is 5.81. The van der Waals surface area contributed by atoms with Crippen molar-refractivity contribution < 1.29 is 28.8 Å². The molecule has 3 heterocycles. The summed E-state index contributed by atoms with van der Waals surface area (Å²) in [5.74, 6) is 0.804. The minimum Gasteiger partial charge on any atom is -0.493 e. The first kappa shape index (κ1) is 21.8. The average molecular weight is 480 g/mol. The van der Waals surface area contributed by atoms with E-state index in [-0.39, 0.29) is 16.3 Å². The molecule has 34 heavy (non-hydrogen) atoms. The number of hydrogen-bond donors (Lipinski definition) is 1. The molecule has 0 spiro atoms. The van der Waals surface area contributed by atoms with E-state index < -0.39 is 5.97 Å². The van der Waals surface area contributed by atoms with Gasteiger partial charge in [-0.3, -0.25) is 4.57 Å². The maximum atomic E-state index is 12.0. The second kappa shape index (κ2) is 9.06. The number of rotatable bonds is 7. The summed E-state index contributed by atoms with van der Waals surface area (Å²) < 4.78 is 23.9. The highest BCUT2D eigenvalue weighted by Crippen LogP contribution is 2.36. The predicted molar refractivity (Wildman–Crippen MR) is 126 cm³/mol. The highest BCUT2D eigenvalue weighted by Gasteiger charge is 2.26. The lowest BCUT2D eigenvalue weighted by molar-refractivity contribution is 0.0701. The monoisotopic (exact) mass is 479 g/mol. The number of imidazole rings is 1. The number of ether oxygens (including phenoxy) is 4. The van der Waals surface area contributed by atoms with E-state index in [9.17, 15) is 9.90 Å². The highest BCUT2D eigenvalue weighted by atomic mass is 32.1. The van der Waals surface area contributed by atoms with Crippen LogP contribution in [-0.4, -0.2) is 39.8 Å². The fourth-order valence-corrected chi connectivity index (χ4v) is 4.67. The van der Waals surface area contributed by atoms with Gasteiger partial charge in [0.15, 0.2) is 22.4 Å². The number of fused-ring (bicyclic) bond motifs is 1. The summed E-state index contributed by atoms with van der Waals surface area (Å²) in [5.41, 5.74) is 2.76. The summed E-state index contributed by atoms with van der Waals surface area (Å²) in [6.07, 6.45) is 13.2. The van der Waals surface area contributed by atoms with Crippen molar-refractivity contribution in [2.75, 3.05) is 14.2 Å². The minimum absolute atomic E-state index is 0.0354. The Morgan fingerprint density at radius 1 is 1.24 bits per heavy atom. The third-order valence-corrected chi connectivity index (χ3v) is 6.46. The molecule has 1 aromatic carbocycles. The number of carbonyl (C=O) groups is 1. The fraction of sp³-hybridized carbons (Fsp3) is 0.208. The molecule has 9 nitrogen and oxygen atoms in total. The smallest absolute Gasteiger partial charge is 0.348 e. The number of hydrogen-bond acceptors (Lipinski definition) is 8. The van der Waals surface area contributed by atoms with Crippen LogP contribution in [0.25, 0.3) is 21.9 Å². The maximum Gasteiger partial charge on any atom is 0.348 e. The van der Waals surface area contributed by atoms with Gasteiger partial charge in [0, 0.05) is 18.6 Å². The van der Waals surface area contributed by atoms with Crippen molar-refractivity contribution >= 4 is 34.1 Å². The van der Waals surface area contributed by atoms with Crippen molar-refractivity contribution in [3.05, 3.63) is 71.1 Å². The molecule has 0 saturated heterocycles. The summed E-state index contributed by atoms with van der Waals surface area (Å²) in [5, 5.41) is 10.3. The number of thiazole rings is 1. The van der Waals surface area contributed by atoms with Gasteiger partial charge in [0.1, 0.15) is 35.2 Å². The predicted octanol–water partition coefficient (Wildman–Crippen LogP) is 5.05. The standard InChI is InChI=1S/C24H21N3O6S/c1-30-18-9-16-17(10-19(18)31-2)27(13-25-16)24-26-21(22(34-24)23(28)29)20-12-32-11-15(33-20)8-14-6-4-3-5-7-14/h3-4,6,9-13H,5,7-8H2,1-2H3,(H,28,29). The molecule has 5 rings (SSSR count). The summed E-state index contributed by atoms with van der Waals surface area (Å²) in [4.78, 5) is 21.1. The number of methoxy groups -OCH3 is 2. The van der Waals surface area contributed by atoms with Gasteiger partial charge in [-0.1, -0.05) is 35.1 Å². The Balaban J connectivity index is 1.49. The van der Waals surface area contributed by atoms with Gasteiger partial charge in [0.25, 0.3) is 0 Å². The van der Waals surface area contributed by atoms with E-state index in [1.807, 2.05) is 6.08 Å². The van der Waals surface area contributed by atoms with Crippen LogP contribution in [0.3, 0.4) is 0 Å². The van der Waals surface area contributed by atoms with Gasteiger partial charge in [-0.05, 0) is 12.8 Å². The van der Waals surface area contributed by atoms with E-state index in [2.05, 4.69) is 22.1 Å². The second-order valence-corrected chi connectivity index (χ2v) is 8.54. The number of carboxylic acids is 1. The second-order valence-electron chi connectivity index (χ2n) is 7.56. The fourth-order valence-electron chi connectivity index (χ4n) is 3.78. The molecule has 1 N–H and O–H groups in total. The Bertz CT molecular complexity index is 1400. The molecule has 1 aliphatic heterocycles. The first-order valence-corrected chi connectivity index (χ1v) is 11.3. The van der Waals surface area contributed by atoms with Crippen molar-refractivity contribution in [3.63, 3.8) is 0 Å². The molecule has 3 aromatic rings. The van der Waals surface area contributed by atoms with Crippen LogP contribution in [0.15, 0.2) is 60.5 Å².